The molecule has 3 heterocycles. The minimum atomic E-state index is -0.392. The van der Waals surface area contributed by atoms with Crippen LogP contribution in [0.4, 0.5) is 11.6 Å². The van der Waals surface area contributed by atoms with Crippen molar-refractivity contribution in [2.24, 2.45) is 0 Å². The summed E-state index contributed by atoms with van der Waals surface area (Å²) in [6.45, 7) is 0. The van der Waals surface area contributed by atoms with Gasteiger partial charge in [0.1, 0.15) is 5.69 Å². The van der Waals surface area contributed by atoms with E-state index in [0.29, 0.717) is 28.1 Å². The summed E-state index contributed by atoms with van der Waals surface area (Å²) in [6, 6.07) is 20.0. The van der Waals surface area contributed by atoms with E-state index in [1.807, 2.05) is 36.4 Å². The minimum absolute atomic E-state index is 0.294. The molecule has 0 fully saturated rings. The van der Waals surface area contributed by atoms with Crippen molar-refractivity contribution < 1.29 is 0 Å². The minimum Gasteiger partial charge on any atom is -0.319 e. The maximum absolute atomic E-state index is 12.2. The average molecular weight is 401 g/mol. The van der Waals surface area contributed by atoms with Crippen LogP contribution in [-0.4, -0.2) is 24.6 Å². The second-order valence-electron chi connectivity index (χ2n) is 6.30. The molecule has 7 nitrogen and oxygen atoms in total. The van der Waals surface area contributed by atoms with Crippen LogP contribution in [0.3, 0.4) is 0 Å². The zero-order valence-electron chi connectivity index (χ0n) is 15.0. The van der Waals surface area contributed by atoms with Crippen LogP contribution in [0.5, 0.6) is 0 Å². The fourth-order valence-electron chi connectivity index (χ4n) is 3.03. The largest absolute Gasteiger partial charge is 0.319 e. The van der Waals surface area contributed by atoms with Crippen LogP contribution in [0.1, 0.15) is 0 Å². The van der Waals surface area contributed by atoms with Crippen molar-refractivity contribution in [1.82, 2.24) is 24.6 Å². The van der Waals surface area contributed by atoms with E-state index < -0.39 is 5.56 Å². The first kappa shape index (κ1) is 17.3. The van der Waals surface area contributed by atoms with Gasteiger partial charge in [0.25, 0.3) is 5.56 Å². The lowest BCUT2D eigenvalue weighted by atomic mass is 10.2. The van der Waals surface area contributed by atoms with Gasteiger partial charge >= 0.3 is 0 Å². The van der Waals surface area contributed by atoms with Gasteiger partial charge in [0, 0.05) is 22.2 Å². The van der Waals surface area contributed by atoms with Crippen LogP contribution in [0.15, 0.2) is 77.7 Å². The molecule has 2 aromatic carbocycles. The SMILES string of the molecule is O=c1nccccc1Nc1nc2ccccc2c2nc(-c3ccc(Cl)cc3)nn12. The lowest BCUT2D eigenvalue weighted by molar-refractivity contribution is 0.947. The molecule has 5 aromatic rings. The third-order valence-electron chi connectivity index (χ3n) is 4.41. The number of hydrogen-bond acceptors (Lipinski definition) is 6. The second kappa shape index (κ2) is 6.96. The van der Waals surface area contributed by atoms with Crippen molar-refractivity contribution in [3.8, 4) is 11.4 Å². The smallest absolute Gasteiger partial charge is 0.293 e. The van der Waals surface area contributed by atoms with Gasteiger partial charge in [-0.2, -0.15) is 4.52 Å². The summed E-state index contributed by atoms with van der Waals surface area (Å²) in [5.74, 6) is 0.901. The number of nitrogens with one attached hydrogen (secondary N) is 1. The monoisotopic (exact) mass is 400 g/mol. The molecule has 0 bridgehead atoms. The van der Waals surface area contributed by atoms with Crippen molar-refractivity contribution in [1.29, 1.82) is 0 Å². The zero-order valence-corrected chi connectivity index (χ0v) is 15.7. The molecule has 0 unspecified atom stereocenters. The van der Waals surface area contributed by atoms with Gasteiger partial charge in [-0.25, -0.2) is 15.0 Å². The van der Waals surface area contributed by atoms with E-state index in [0.717, 1.165) is 16.5 Å². The Labute approximate surface area is 169 Å². The molecule has 1 N–H and O–H groups in total. The topological polar surface area (TPSA) is 85.1 Å². The maximum atomic E-state index is 12.2. The third kappa shape index (κ3) is 3.17. The zero-order chi connectivity index (χ0) is 19.8. The summed E-state index contributed by atoms with van der Waals surface area (Å²) in [6.07, 6.45) is 1.45. The summed E-state index contributed by atoms with van der Waals surface area (Å²) in [5, 5.41) is 9.16. The molecule has 0 saturated carbocycles. The Bertz CT molecular complexity index is 1410. The number of nitrogens with zero attached hydrogens (tertiary/aromatic N) is 5. The number of para-hydroxylation sites is 1. The van der Waals surface area contributed by atoms with Crippen molar-refractivity contribution in [2.45, 2.75) is 0 Å². The normalized spacial score (nSPS) is 11.1. The first-order chi connectivity index (χ1) is 14.2. The molecule has 0 atom stereocenters. The van der Waals surface area contributed by atoms with E-state index in [2.05, 4.69) is 20.4 Å². The van der Waals surface area contributed by atoms with Gasteiger partial charge in [0.2, 0.25) is 5.95 Å². The lowest BCUT2D eigenvalue weighted by Crippen LogP contribution is -2.11. The molecule has 0 aliphatic heterocycles. The molecular weight excluding hydrogens is 388 g/mol. The highest BCUT2D eigenvalue weighted by Crippen LogP contribution is 2.25. The third-order valence-corrected chi connectivity index (χ3v) is 4.66. The van der Waals surface area contributed by atoms with Crippen LogP contribution in [-0.2, 0) is 0 Å². The fraction of sp³-hybridized carbons (Fsp3) is 0. The Morgan fingerprint density at radius 2 is 1.69 bits per heavy atom. The molecule has 0 saturated heterocycles. The van der Waals surface area contributed by atoms with Crippen molar-refractivity contribution >= 4 is 39.8 Å². The van der Waals surface area contributed by atoms with Crippen LogP contribution in [0.2, 0.25) is 5.02 Å². The molecule has 0 radical (unpaired) electrons. The van der Waals surface area contributed by atoms with Gasteiger partial charge in [0.05, 0.1) is 5.52 Å². The number of anilines is 2. The fourth-order valence-corrected chi connectivity index (χ4v) is 3.15. The van der Waals surface area contributed by atoms with E-state index in [9.17, 15) is 4.79 Å². The molecule has 0 aliphatic rings. The highest BCUT2D eigenvalue weighted by Gasteiger charge is 2.15. The van der Waals surface area contributed by atoms with Crippen LogP contribution in [0, 0.1) is 0 Å². The maximum Gasteiger partial charge on any atom is 0.293 e. The number of aromatic nitrogens is 5. The summed E-state index contributed by atoms with van der Waals surface area (Å²) in [5.41, 5.74) is 2.09. The molecule has 8 heteroatoms. The Morgan fingerprint density at radius 3 is 2.55 bits per heavy atom. The quantitative estimate of drug-likeness (QED) is 0.491. The number of benzene rings is 2. The van der Waals surface area contributed by atoms with E-state index in [1.165, 1.54) is 6.20 Å². The van der Waals surface area contributed by atoms with Crippen LogP contribution < -0.4 is 10.9 Å². The predicted molar refractivity (Wildman–Crippen MR) is 113 cm³/mol. The lowest BCUT2D eigenvalue weighted by Gasteiger charge is -2.07. The molecule has 0 spiro atoms. The first-order valence-electron chi connectivity index (χ1n) is 8.83. The van der Waals surface area contributed by atoms with Gasteiger partial charge in [-0.05, 0) is 48.5 Å². The van der Waals surface area contributed by atoms with Crippen LogP contribution >= 0.6 is 11.6 Å². The predicted octanol–water partition coefficient (Wildman–Crippen LogP) is 4.10. The van der Waals surface area contributed by atoms with E-state index >= 15 is 0 Å². The number of fused-ring (bicyclic) bond motifs is 3. The standard InChI is InChI=1S/C21H13ClN6O/c22-14-10-8-13(9-11-14)18-26-19-15-5-1-2-6-16(15)24-21(28(19)27-18)25-17-7-3-4-12-23-20(17)29/h1-12H,(H,23,24,25,29). The van der Waals surface area contributed by atoms with Gasteiger partial charge in [-0.3, -0.25) is 4.79 Å². The highest BCUT2D eigenvalue weighted by molar-refractivity contribution is 6.30. The summed E-state index contributed by atoms with van der Waals surface area (Å²) in [7, 11) is 0. The number of rotatable bonds is 3. The van der Waals surface area contributed by atoms with E-state index in [-0.39, 0.29) is 0 Å². The Hall–Kier alpha value is -3.84. The van der Waals surface area contributed by atoms with Gasteiger partial charge in [-0.15, -0.1) is 5.10 Å². The molecule has 140 valence electrons. The van der Waals surface area contributed by atoms with Crippen molar-refractivity contribution in [3.63, 3.8) is 0 Å². The molecule has 0 amide bonds. The Balaban J connectivity index is 1.75. The molecule has 5 rings (SSSR count). The summed E-state index contributed by atoms with van der Waals surface area (Å²) >= 11 is 6.00. The highest BCUT2D eigenvalue weighted by atomic mass is 35.5. The molecule has 0 aliphatic carbocycles. The molecule has 29 heavy (non-hydrogen) atoms. The second-order valence-corrected chi connectivity index (χ2v) is 6.74. The van der Waals surface area contributed by atoms with E-state index in [4.69, 9.17) is 16.6 Å². The molecular formula is C21H13ClN6O. The van der Waals surface area contributed by atoms with Crippen molar-refractivity contribution in [3.05, 3.63) is 88.3 Å². The number of halogens is 1. The van der Waals surface area contributed by atoms with Crippen LogP contribution in [0.25, 0.3) is 27.9 Å². The summed E-state index contributed by atoms with van der Waals surface area (Å²) in [4.78, 5) is 25.4. The van der Waals surface area contributed by atoms with Gasteiger partial charge in [0.15, 0.2) is 11.5 Å². The first-order valence-corrected chi connectivity index (χ1v) is 9.21. The number of hydrogen-bond donors (Lipinski definition) is 1. The van der Waals surface area contributed by atoms with Gasteiger partial charge < -0.3 is 5.32 Å². The average Bonchev–Trinajstić information content (AvgIpc) is 3.09. The van der Waals surface area contributed by atoms with Crippen molar-refractivity contribution in [2.75, 3.05) is 5.32 Å². The summed E-state index contributed by atoms with van der Waals surface area (Å²) < 4.78 is 1.60. The Morgan fingerprint density at radius 1 is 0.897 bits per heavy atom. The van der Waals surface area contributed by atoms with E-state index in [1.54, 1.807) is 34.8 Å². The van der Waals surface area contributed by atoms with Gasteiger partial charge in [-0.1, -0.05) is 29.8 Å². The molecule has 3 aromatic heterocycles. The Kier molecular flexibility index (Phi) is 4.14.